The Kier molecular flexibility index (Phi) is 9.49. The summed E-state index contributed by atoms with van der Waals surface area (Å²) in [5.41, 5.74) is 0.610. The molecule has 0 bridgehead atoms. The molecule has 24 heavy (non-hydrogen) atoms. The Morgan fingerprint density at radius 3 is 2.00 bits per heavy atom. The van der Waals surface area contributed by atoms with Crippen molar-refractivity contribution < 1.29 is 19.0 Å². The van der Waals surface area contributed by atoms with Crippen LogP contribution in [0.5, 0.6) is 17.2 Å². The highest BCUT2D eigenvalue weighted by molar-refractivity contribution is 5.90. The van der Waals surface area contributed by atoms with Crippen LogP contribution in [0.15, 0.2) is 12.1 Å². The van der Waals surface area contributed by atoms with Gasteiger partial charge in [0.1, 0.15) is 0 Å². The normalized spacial score (nSPS) is 10.2. The zero-order valence-corrected chi connectivity index (χ0v) is 15.2. The number of hydrogen-bond donors (Lipinski definition) is 2. The molecule has 0 radical (unpaired) electrons. The van der Waals surface area contributed by atoms with Gasteiger partial charge in [0.2, 0.25) is 5.75 Å². The number of ether oxygens (including phenoxy) is 3. The lowest BCUT2D eigenvalue weighted by molar-refractivity contribution is 0.251. The molecule has 0 saturated carbocycles. The monoisotopic (exact) mass is 338 g/mol. The van der Waals surface area contributed by atoms with Gasteiger partial charge in [-0.25, -0.2) is 4.79 Å². The molecule has 2 amide bonds. The molecule has 0 aromatic heterocycles. The topological polar surface area (TPSA) is 68.8 Å². The van der Waals surface area contributed by atoms with Crippen LogP contribution in [0.2, 0.25) is 0 Å². The van der Waals surface area contributed by atoms with E-state index in [4.69, 9.17) is 14.2 Å². The molecule has 1 aromatic carbocycles. The minimum Gasteiger partial charge on any atom is -0.490 e. The molecule has 0 aliphatic heterocycles. The SMILES string of the molecule is CCCCCNC(=O)Nc1cc(OCC)c(OCC)c(OCC)c1. The maximum Gasteiger partial charge on any atom is 0.319 e. The van der Waals surface area contributed by atoms with Crippen molar-refractivity contribution in [2.45, 2.75) is 47.0 Å². The number of rotatable bonds is 11. The van der Waals surface area contributed by atoms with Crippen LogP contribution in [-0.2, 0) is 0 Å². The maximum atomic E-state index is 12.0. The van der Waals surface area contributed by atoms with Crippen molar-refractivity contribution in [3.63, 3.8) is 0 Å². The molecule has 1 rings (SSSR count). The van der Waals surface area contributed by atoms with Gasteiger partial charge >= 0.3 is 6.03 Å². The molecule has 0 heterocycles. The van der Waals surface area contributed by atoms with E-state index in [-0.39, 0.29) is 6.03 Å². The third-order valence-electron chi connectivity index (χ3n) is 3.23. The zero-order valence-electron chi connectivity index (χ0n) is 15.2. The molecular formula is C18H30N2O4. The zero-order chi connectivity index (χ0) is 17.8. The number of nitrogens with one attached hydrogen (secondary N) is 2. The average Bonchev–Trinajstić information content (AvgIpc) is 2.55. The summed E-state index contributed by atoms with van der Waals surface area (Å²) in [6, 6.07) is 3.27. The summed E-state index contributed by atoms with van der Waals surface area (Å²) >= 11 is 0. The lowest BCUT2D eigenvalue weighted by Gasteiger charge is -2.17. The molecule has 0 aliphatic rings. The minimum atomic E-state index is -0.236. The number of anilines is 1. The van der Waals surface area contributed by atoms with Crippen LogP contribution in [0.4, 0.5) is 10.5 Å². The summed E-state index contributed by atoms with van der Waals surface area (Å²) in [4.78, 5) is 12.0. The number of unbranched alkanes of at least 4 members (excludes halogenated alkanes) is 2. The van der Waals surface area contributed by atoms with E-state index in [2.05, 4.69) is 17.6 Å². The third-order valence-corrected chi connectivity index (χ3v) is 3.23. The summed E-state index contributed by atoms with van der Waals surface area (Å²) in [6.07, 6.45) is 3.20. The van der Waals surface area contributed by atoms with Gasteiger partial charge in [0.25, 0.3) is 0 Å². The van der Waals surface area contributed by atoms with Gasteiger partial charge in [-0.2, -0.15) is 0 Å². The predicted molar refractivity (Wildman–Crippen MR) is 96.5 cm³/mol. The lowest BCUT2D eigenvalue weighted by atomic mass is 10.2. The van der Waals surface area contributed by atoms with Gasteiger partial charge < -0.3 is 24.8 Å². The van der Waals surface area contributed by atoms with Crippen molar-refractivity contribution in [3.8, 4) is 17.2 Å². The molecule has 6 nitrogen and oxygen atoms in total. The molecule has 0 saturated heterocycles. The van der Waals surface area contributed by atoms with Gasteiger partial charge in [-0.15, -0.1) is 0 Å². The van der Waals surface area contributed by atoms with E-state index in [1.54, 1.807) is 12.1 Å². The van der Waals surface area contributed by atoms with Crippen LogP contribution in [-0.4, -0.2) is 32.4 Å². The first-order valence-corrected chi connectivity index (χ1v) is 8.77. The molecule has 0 spiro atoms. The molecular weight excluding hydrogens is 308 g/mol. The highest BCUT2D eigenvalue weighted by Crippen LogP contribution is 2.40. The summed E-state index contributed by atoms with van der Waals surface area (Å²) in [5.74, 6) is 1.69. The Morgan fingerprint density at radius 1 is 0.917 bits per heavy atom. The van der Waals surface area contributed by atoms with E-state index in [1.165, 1.54) is 0 Å². The van der Waals surface area contributed by atoms with Gasteiger partial charge in [-0.3, -0.25) is 0 Å². The largest absolute Gasteiger partial charge is 0.490 e. The first kappa shape index (κ1) is 19.9. The van der Waals surface area contributed by atoms with E-state index >= 15 is 0 Å². The first-order valence-electron chi connectivity index (χ1n) is 8.77. The summed E-state index contributed by atoms with van der Waals surface area (Å²) in [5, 5.41) is 5.67. The second-order valence-electron chi connectivity index (χ2n) is 5.19. The summed E-state index contributed by atoms with van der Waals surface area (Å²) in [7, 11) is 0. The maximum absolute atomic E-state index is 12.0. The second-order valence-corrected chi connectivity index (χ2v) is 5.19. The van der Waals surface area contributed by atoms with E-state index in [1.807, 2.05) is 20.8 Å². The van der Waals surface area contributed by atoms with Crippen LogP contribution < -0.4 is 24.8 Å². The number of hydrogen-bond acceptors (Lipinski definition) is 4. The Bertz CT molecular complexity index is 479. The molecule has 6 heteroatoms. The fourth-order valence-corrected chi connectivity index (χ4v) is 2.21. The van der Waals surface area contributed by atoms with Crippen molar-refractivity contribution in [2.24, 2.45) is 0 Å². The average molecular weight is 338 g/mol. The molecule has 0 atom stereocenters. The van der Waals surface area contributed by atoms with Crippen molar-refractivity contribution in [2.75, 3.05) is 31.7 Å². The van der Waals surface area contributed by atoms with E-state index in [0.29, 0.717) is 49.3 Å². The van der Waals surface area contributed by atoms with Crippen LogP contribution in [0.1, 0.15) is 47.0 Å². The first-order chi connectivity index (χ1) is 11.7. The Balaban J connectivity index is 2.87. The number of urea groups is 1. The van der Waals surface area contributed by atoms with Crippen LogP contribution in [0.25, 0.3) is 0 Å². The van der Waals surface area contributed by atoms with E-state index in [0.717, 1.165) is 19.3 Å². The predicted octanol–water partition coefficient (Wildman–Crippen LogP) is 4.19. The Labute approximate surface area is 144 Å². The quantitative estimate of drug-likeness (QED) is 0.594. The number of carbonyl (C=O) groups excluding carboxylic acids is 1. The smallest absolute Gasteiger partial charge is 0.319 e. The molecule has 0 unspecified atom stereocenters. The Hall–Kier alpha value is -2.11. The molecule has 2 N–H and O–H groups in total. The van der Waals surface area contributed by atoms with Gasteiger partial charge in [0.05, 0.1) is 25.5 Å². The fraction of sp³-hybridized carbons (Fsp3) is 0.611. The third kappa shape index (κ3) is 6.56. The molecule has 136 valence electrons. The van der Waals surface area contributed by atoms with Crippen molar-refractivity contribution in [1.82, 2.24) is 5.32 Å². The highest BCUT2D eigenvalue weighted by Gasteiger charge is 2.16. The summed E-state index contributed by atoms with van der Waals surface area (Å²) in [6.45, 7) is 9.99. The fourth-order valence-electron chi connectivity index (χ4n) is 2.21. The highest BCUT2D eigenvalue weighted by atomic mass is 16.5. The molecule has 1 aromatic rings. The van der Waals surface area contributed by atoms with Crippen LogP contribution in [0.3, 0.4) is 0 Å². The minimum absolute atomic E-state index is 0.236. The van der Waals surface area contributed by atoms with Gasteiger partial charge in [-0.1, -0.05) is 19.8 Å². The van der Waals surface area contributed by atoms with Crippen LogP contribution in [0, 0.1) is 0 Å². The number of carbonyl (C=O) groups is 1. The summed E-state index contributed by atoms with van der Waals surface area (Å²) < 4.78 is 16.9. The van der Waals surface area contributed by atoms with Gasteiger partial charge in [0, 0.05) is 18.7 Å². The van der Waals surface area contributed by atoms with Gasteiger partial charge in [-0.05, 0) is 27.2 Å². The standard InChI is InChI=1S/C18H30N2O4/c1-5-9-10-11-19-18(21)20-14-12-15(22-6-2)17(24-8-4)16(13-14)23-7-3/h12-13H,5-11H2,1-4H3,(H2,19,20,21). The van der Waals surface area contributed by atoms with Gasteiger partial charge in [0.15, 0.2) is 11.5 Å². The lowest BCUT2D eigenvalue weighted by Crippen LogP contribution is -2.29. The molecule has 0 aliphatic carbocycles. The number of amides is 2. The van der Waals surface area contributed by atoms with Crippen molar-refractivity contribution in [1.29, 1.82) is 0 Å². The van der Waals surface area contributed by atoms with E-state index in [9.17, 15) is 4.79 Å². The van der Waals surface area contributed by atoms with Crippen LogP contribution >= 0.6 is 0 Å². The van der Waals surface area contributed by atoms with Crippen molar-refractivity contribution in [3.05, 3.63) is 12.1 Å². The number of benzene rings is 1. The Morgan fingerprint density at radius 2 is 1.50 bits per heavy atom. The van der Waals surface area contributed by atoms with Crippen molar-refractivity contribution >= 4 is 11.7 Å². The second kappa shape index (κ2) is 11.4. The van der Waals surface area contributed by atoms with E-state index < -0.39 is 0 Å². The molecule has 0 fully saturated rings.